The van der Waals surface area contributed by atoms with Crippen molar-refractivity contribution in [3.8, 4) is 11.5 Å². The molecule has 0 saturated carbocycles. The Bertz CT molecular complexity index is 914. The van der Waals surface area contributed by atoms with Crippen molar-refractivity contribution in [3.05, 3.63) is 94.5 Å². The van der Waals surface area contributed by atoms with E-state index < -0.39 is 0 Å². The summed E-state index contributed by atoms with van der Waals surface area (Å²) in [5.41, 5.74) is 3.33. The van der Waals surface area contributed by atoms with Crippen LogP contribution in [0.1, 0.15) is 49.4 Å². The maximum atomic E-state index is 6.31. The lowest BCUT2D eigenvalue weighted by Crippen LogP contribution is -2.21. The summed E-state index contributed by atoms with van der Waals surface area (Å²) in [6.07, 6.45) is 2.19. The number of halogens is 1. The first kappa shape index (κ1) is 22.2. The molecule has 1 N–H and O–H groups in total. The van der Waals surface area contributed by atoms with Gasteiger partial charge in [-0.25, -0.2) is 0 Å². The zero-order valence-electron chi connectivity index (χ0n) is 17.7. The van der Waals surface area contributed by atoms with E-state index in [1.54, 1.807) is 0 Å². The molecule has 0 saturated heterocycles. The van der Waals surface area contributed by atoms with Gasteiger partial charge in [0.05, 0.1) is 6.61 Å². The van der Waals surface area contributed by atoms with Gasteiger partial charge in [0.15, 0.2) is 11.5 Å². The van der Waals surface area contributed by atoms with Gasteiger partial charge >= 0.3 is 0 Å². The van der Waals surface area contributed by atoms with Crippen LogP contribution < -0.4 is 14.8 Å². The van der Waals surface area contributed by atoms with Gasteiger partial charge in [0, 0.05) is 28.7 Å². The van der Waals surface area contributed by atoms with Gasteiger partial charge in [0.2, 0.25) is 0 Å². The van der Waals surface area contributed by atoms with E-state index in [1.165, 1.54) is 5.56 Å². The first-order valence-electron chi connectivity index (χ1n) is 10.6. The van der Waals surface area contributed by atoms with E-state index in [9.17, 15) is 0 Å². The number of hydrogen-bond donors (Lipinski definition) is 1. The highest BCUT2D eigenvalue weighted by Gasteiger charge is 2.15. The molecule has 0 aromatic heterocycles. The molecule has 0 aliphatic carbocycles. The zero-order valence-corrected chi connectivity index (χ0v) is 18.5. The van der Waals surface area contributed by atoms with Crippen molar-refractivity contribution in [1.82, 2.24) is 5.32 Å². The number of rotatable bonds is 11. The monoisotopic (exact) mass is 423 g/mol. The van der Waals surface area contributed by atoms with Crippen molar-refractivity contribution in [2.75, 3.05) is 6.61 Å². The van der Waals surface area contributed by atoms with Crippen LogP contribution in [0.25, 0.3) is 0 Å². The SMILES string of the molecule is CCCC(NCc1cccc(OCC)c1OCc1ccccc1Cl)c1ccccc1. The molecule has 158 valence electrons. The van der Waals surface area contributed by atoms with Crippen LogP contribution in [0.2, 0.25) is 5.02 Å². The molecule has 0 aliphatic heterocycles. The summed E-state index contributed by atoms with van der Waals surface area (Å²) < 4.78 is 12.1. The third kappa shape index (κ3) is 6.01. The lowest BCUT2D eigenvalue weighted by molar-refractivity contribution is 0.265. The van der Waals surface area contributed by atoms with E-state index in [0.29, 0.717) is 30.8 Å². The first-order valence-corrected chi connectivity index (χ1v) is 11.0. The molecule has 1 unspecified atom stereocenters. The van der Waals surface area contributed by atoms with Gasteiger partial charge in [-0.2, -0.15) is 0 Å². The minimum atomic E-state index is 0.295. The minimum Gasteiger partial charge on any atom is -0.490 e. The Kier molecular flexibility index (Phi) is 8.61. The lowest BCUT2D eigenvalue weighted by Gasteiger charge is -2.21. The fourth-order valence-corrected chi connectivity index (χ4v) is 3.68. The molecule has 3 aromatic rings. The summed E-state index contributed by atoms with van der Waals surface area (Å²) in [5.74, 6) is 1.53. The Morgan fingerprint density at radius 2 is 1.57 bits per heavy atom. The second kappa shape index (κ2) is 11.6. The van der Waals surface area contributed by atoms with Crippen LogP contribution in [-0.2, 0) is 13.2 Å². The molecule has 0 aliphatic rings. The van der Waals surface area contributed by atoms with Crippen LogP contribution in [0.3, 0.4) is 0 Å². The molecule has 0 bridgehead atoms. The van der Waals surface area contributed by atoms with Crippen molar-refractivity contribution in [2.24, 2.45) is 0 Å². The minimum absolute atomic E-state index is 0.295. The van der Waals surface area contributed by atoms with Crippen LogP contribution >= 0.6 is 11.6 Å². The highest BCUT2D eigenvalue weighted by molar-refractivity contribution is 6.31. The molecule has 0 spiro atoms. The van der Waals surface area contributed by atoms with Crippen LogP contribution in [0.15, 0.2) is 72.8 Å². The van der Waals surface area contributed by atoms with Gasteiger partial charge in [0.25, 0.3) is 0 Å². The largest absolute Gasteiger partial charge is 0.490 e. The number of para-hydroxylation sites is 1. The zero-order chi connectivity index (χ0) is 21.2. The fourth-order valence-electron chi connectivity index (χ4n) is 3.49. The van der Waals surface area contributed by atoms with E-state index in [0.717, 1.165) is 35.5 Å². The summed E-state index contributed by atoms with van der Waals surface area (Å²) in [5, 5.41) is 4.42. The predicted molar refractivity (Wildman–Crippen MR) is 124 cm³/mol. The smallest absolute Gasteiger partial charge is 0.166 e. The second-order valence-electron chi connectivity index (χ2n) is 7.19. The van der Waals surface area contributed by atoms with Crippen molar-refractivity contribution in [3.63, 3.8) is 0 Å². The number of hydrogen-bond acceptors (Lipinski definition) is 3. The molecule has 3 rings (SSSR count). The standard InChI is InChI=1S/C26H30ClNO2/c1-3-11-24(20-12-6-5-7-13-20)28-18-21-15-10-17-25(29-4-2)26(21)30-19-22-14-8-9-16-23(22)27/h5-10,12-17,24,28H,3-4,11,18-19H2,1-2H3. The maximum Gasteiger partial charge on any atom is 0.166 e. The highest BCUT2D eigenvalue weighted by atomic mass is 35.5. The summed E-state index contributed by atoms with van der Waals surface area (Å²) in [7, 11) is 0. The number of benzene rings is 3. The van der Waals surface area contributed by atoms with Crippen LogP contribution in [0.5, 0.6) is 11.5 Å². The average molecular weight is 424 g/mol. The third-order valence-electron chi connectivity index (χ3n) is 5.01. The lowest BCUT2D eigenvalue weighted by atomic mass is 10.0. The number of ether oxygens (including phenoxy) is 2. The Hall–Kier alpha value is -2.49. The molecule has 0 radical (unpaired) electrons. The highest BCUT2D eigenvalue weighted by Crippen LogP contribution is 2.33. The van der Waals surface area contributed by atoms with Gasteiger partial charge in [0.1, 0.15) is 6.61 Å². The summed E-state index contributed by atoms with van der Waals surface area (Å²) in [6, 6.07) is 24.7. The van der Waals surface area contributed by atoms with Crippen LogP contribution in [0, 0.1) is 0 Å². The molecule has 0 fully saturated rings. The van der Waals surface area contributed by atoms with E-state index in [2.05, 4.69) is 48.6 Å². The number of nitrogens with one attached hydrogen (secondary N) is 1. The molecule has 1 atom stereocenters. The molecule has 30 heavy (non-hydrogen) atoms. The average Bonchev–Trinajstić information content (AvgIpc) is 2.78. The first-order chi connectivity index (χ1) is 14.7. The predicted octanol–water partition coefficient (Wildman–Crippen LogP) is 6.95. The Labute approximate surface area is 185 Å². The summed E-state index contributed by atoms with van der Waals surface area (Å²) in [4.78, 5) is 0. The van der Waals surface area contributed by atoms with Crippen molar-refractivity contribution in [1.29, 1.82) is 0 Å². The van der Waals surface area contributed by atoms with E-state index >= 15 is 0 Å². The van der Waals surface area contributed by atoms with Crippen LogP contribution in [-0.4, -0.2) is 6.61 Å². The molecule has 0 amide bonds. The van der Waals surface area contributed by atoms with Gasteiger partial charge in [-0.05, 0) is 31.0 Å². The van der Waals surface area contributed by atoms with Crippen LogP contribution in [0.4, 0.5) is 0 Å². The summed E-state index contributed by atoms with van der Waals surface area (Å²) >= 11 is 6.31. The normalized spacial score (nSPS) is 11.8. The molecule has 4 heteroatoms. The Balaban J connectivity index is 1.79. The van der Waals surface area contributed by atoms with E-state index in [4.69, 9.17) is 21.1 Å². The van der Waals surface area contributed by atoms with Gasteiger partial charge in [-0.3, -0.25) is 0 Å². The van der Waals surface area contributed by atoms with E-state index in [-0.39, 0.29) is 0 Å². The van der Waals surface area contributed by atoms with Gasteiger partial charge < -0.3 is 14.8 Å². The van der Waals surface area contributed by atoms with Gasteiger partial charge in [-0.1, -0.05) is 85.6 Å². The molecular formula is C26H30ClNO2. The quantitative estimate of drug-likeness (QED) is 0.362. The van der Waals surface area contributed by atoms with Crippen molar-refractivity contribution in [2.45, 2.75) is 45.9 Å². The topological polar surface area (TPSA) is 30.5 Å². The Morgan fingerprint density at radius 3 is 2.30 bits per heavy atom. The molecule has 3 nitrogen and oxygen atoms in total. The maximum absolute atomic E-state index is 6.31. The van der Waals surface area contributed by atoms with E-state index in [1.807, 2.05) is 43.3 Å². The molecule has 0 heterocycles. The molecule has 3 aromatic carbocycles. The summed E-state index contributed by atoms with van der Waals surface area (Å²) in [6.45, 7) is 5.87. The van der Waals surface area contributed by atoms with Crippen molar-refractivity contribution >= 4 is 11.6 Å². The molecular weight excluding hydrogens is 394 g/mol. The Morgan fingerprint density at radius 1 is 0.833 bits per heavy atom. The van der Waals surface area contributed by atoms with Gasteiger partial charge in [-0.15, -0.1) is 0 Å². The van der Waals surface area contributed by atoms with Crippen molar-refractivity contribution < 1.29 is 9.47 Å². The third-order valence-corrected chi connectivity index (χ3v) is 5.38. The fraction of sp³-hybridized carbons (Fsp3) is 0.308. The second-order valence-corrected chi connectivity index (χ2v) is 7.60.